The number of phenols is 1. The Kier molecular flexibility index (Phi) is 3.28. The van der Waals surface area contributed by atoms with E-state index >= 15 is 0 Å². The van der Waals surface area contributed by atoms with Crippen molar-refractivity contribution in [1.82, 2.24) is 4.98 Å². The molecule has 0 unspecified atom stereocenters. The van der Waals surface area contributed by atoms with Gasteiger partial charge in [0.2, 0.25) is 0 Å². The number of aryl methyl sites for hydroxylation is 2. The molecule has 4 heteroatoms. The number of nitrogens with zero attached hydrogens (tertiary/aromatic N) is 1. The number of benzene rings is 1. The van der Waals surface area contributed by atoms with Gasteiger partial charge in [-0.1, -0.05) is 12.1 Å². The normalized spacial score (nSPS) is 10.1. The highest BCUT2D eigenvalue weighted by atomic mass is 16.3. The summed E-state index contributed by atoms with van der Waals surface area (Å²) < 4.78 is 0. The minimum Gasteiger partial charge on any atom is -0.506 e. The van der Waals surface area contributed by atoms with Gasteiger partial charge in [0.25, 0.3) is 5.91 Å². The van der Waals surface area contributed by atoms with Gasteiger partial charge in [0.1, 0.15) is 11.4 Å². The molecular formula is C14H14N2O2. The Morgan fingerprint density at radius 2 is 2.00 bits per heavy atom. The molecule has 18 heavy (non-hydrogen) atoms. The number of aromatic nitrogens is 1. The van der Waals surface area contributed by atoms with Gasteiger partial charge in [-0.15, -0.1) is 0 Å². The van der Waals surface area contributed by atoms with Gasteiger partial charge < -0.3 is 10.4 Å². The largest absolute Gasteiger partial charge is 0.506 e. The van der Waals surface area contributed by atoms with Gasteiger partial charge in [0, 0.05) is 5.69 Å². The van der Waals surface area contributed by atoms with Gasteiger partial charge in [-0.2, -0.15) is 0 Å². The molecule has 0 bridgehead atoms. The van der Waals surface area contributed by atoms with Crippen molar-refractivity contribution in [2.45, 2.75) is 13.8 Å². The maximum atomic E-state index is 11.9. The zero-order valence-electron chi connectivity index (χ0n) is 10.3. The van der Waals surface area contributed by atoms with Crippen molar-refractivity contribution in [3.63, 3.8) is 0 Å². The van der Waals surface area contributed by atoms with Crippen LogP contribution in [0.1, 0.15) is 21.7 Å². The zero-order chi connectivity index (χ0) is 13.1. The summed E-state index contributed by atoms with van der Waals surface area (Å²) in [7, 11) is 0. The Morgan fingerprint density at radius 1 is 1.22 bits per heavy atom. The molecular weight excluding hydrogens is 228 g/mol. The highest BCUT2D eigenvalue weighted by molar-refractivity contribution is 6.03. The topological polar surface area (TPSA) is 62.2 Å². The van der Waals surface area contributed by atoms with E-state index in [1.165, 1.54) is 0 Å². The summed E-state index contributed by atoms with van der Waals surface area (Å²) in [4.78, 5) is 16.0. The lowest BCUT2D eigenvalue weighted by molar-refractivity contribution is 0.102. The number of anilines is 1. The van der Waals surface area contributed by atoms with Gasteiger partial charge >= 0.3 is 0 Å². The number of hydrogen-bond acceptors (Lipinski definition) is 3. The van der Waals surface area contributed by atoms with Crippen LogP contribution in [0.15, 0.2) is 36.4 Å². The monoisotopic (exact) mass is 242 g/mol. The molecule has 0 saturated carbocycles. The van der Waals surface area contributed by atoms with Crippen LogP contribution < -0.4 is 5.32 Å². The van der Waals surface area contributed by atoms with E-state index in [1.807, 2.05) is 26.0 Å². The highest BCUT2D eigenvalue weighted by Crippen LogP contribution is 2.24. The van der Waals surface area contributed by atoms with Crippen molar-refractivity contribution in [2.24, 2.45) is 0 Å². The first-order chi connectivity index (χ1) is 8.56. The number of carbonyl (C=O) groups excluding carboxylic acids is 1. The Bertz CT molecular complexity index is 594. The van der Waals surface area contributed by atoms with Crippen molar-refractivity contribution in [3.8, 4) is 5.75 Å². The molecule has 0 aliphatic rings. The van der Waals surface area contributed by atoms with Crippen molar-refractivity contribution in [2.75, 3.05) is 5.32 Å². The van der Waals surface area contributed by atoms with Crippen LogP contribution in [0.25, 0.3) is 0 Å². The van der Waals surface area contributed by atoms with Crippen LogP contribution >= 0.6 is 0 Å². The third-order valence-corrected chi connectivity index (χ3v) is 2.52. The van der Waals surface area contributed by atoms with Crippen molar-refractivity contribution >= 4 is 11.6 Å². The summed E-state index contributed by atoms with van der Waals surface area (Å²) in [5.41, 5.74) is 2.42. The molecule has 0 aliphatic carbocycles. The van der Waals surface area contributed by atoms with Crippen LogP contribution in [0.4, 0.5) is 5.69 Å². The Balaban J connectivity index is 2.21. The molecule has 92 valence electrons. The molecule has 0 saturated heterocycles. The maximum Gasteiger partial charge on any atom is 0.274 e. The summed E-state index contributed by atoms with van der Waals surface area (Å²) in [5.74, 6) is -0.283. The molecule has 0 radical (unpaired) electrons. The molecule has 1 aromatic heterocycles. The van der Waals surface area contributed by atoms with Crippen molar-refractivity contribution < 1.29 is 9.90 Å². The fourth-order valence-corrected chi connectivity index (χ4v) is 1.60. The second-order valence-electron chi connectivity index (χ2n) is 4.14. The lowest BCUT2D eigenvalue weighted by Gasteiger charge is -2.07. The lowest BCUT2D eigenvalue weighted by atomic mass is 10.2. The first-order valence-corrected chi connectivity index (χ1v) is 5.61. The number of amides is 1. The van der Waals surface area contributed by atoms with Gasteiger partial charge in [0.15, 0.2) is 0 Å². The fraction of sp³-hybridized carbons (Fsp3) is 0.143. The number of carbonyl (C=O) groups is 1. The van der Waals surface area contributed by atoms with Crippen LogP contribution in [-0.2, 0) is 0 Å². The summed E-state index contributed by atoms with van der Waals surface area (Å²) in [6, 6.07) is 10.3. The SMILES string of the molecule is Cc1ccc(NC(=O)c2cccc(C)n2)c(O)c1. The minimum absolute atomic E-state index is 0.0519. The average molecular weight is 242 g/mol. The van der Waals surface area contributed by atoms with E-state index in [-0.39, 0.29) is 11.7 Å². The van der Waals surface area contributed by atoms with E-state index in [0.29, 0.717) is 11.4 Å². The van der Waals surface area contributed by atoms with E-state index in [2.05, 4.69) is 10.3 Å². The van der Waals surface area contributed by atoms with E-state index in [1.54, 1.807) is 24.3 Å². The minimum atomic E-state index is -0.335. The number of phenolic OH excluding ortho intramolecular Hbond substituents is 1. The van der Waals surface area contributed by atoms with Crippen molar-refractivity contribution in [3.05, 3.63) is 53.3 Å². The van der Waals surface area contributed by atoms with Crippen LogP contribution in [0.3, 0.4) is 0 Å². The van der Waals surface area contributed by atoms with Crippen LogP contribution in [0.2, 0.25) is 0 Å². The zero-order valence-corrected chi connectivity index (χ0v) is 10.3. The third kappa shape index (κ3) is 2.66. The molecule has 1 heterocycles. The van der Waals surface area contributed by atoms with E-state index in [9.17, 15) is 9.90 Å². The summed E-state index contributed by atoms with van der Waals surface area (Å²) in [5, 5.41) is 12.3. The third-order valence-electron chi connectivity index (χ3n) is 2.52. The molecule has 2 aromatic rings. The molecule has 1 amide bonds. The first kappa shape index (κ1) is 12.1. The smallest absolute Gasteiger partial charge is 0.274 e. The van der Waals surface area contributed by atoms with E-state index in [0.717, 1.165) is 11.3 Å². The number of pyridine rings is 1. The quantitative estimate of drug-likeness (QED) is 0.796. The number of aromatic hydroxyl groups is 1. The van der Waals surface area contributed by atoms with Gasteiger partial charge in [-0.3, -0.25) is 4.79 Å². The first-order valence-electron chi connectivity index (χ1n) is 5.61. The van der Waals surface area contributed by atoms with E-state index in [4.69, 9.17) is 0 Å². The second-order valence-corrected chi connectivity index (χ2v) is 4.14. The molecule has 0 spiro atoms. The van der Waals surface area contributed by atoms with Crippen LogP contribution in [0.5, 0.6) is 5.75 Å². The van der Waals surface area contributed by atoms with Gasteiger partial charge in [-0.25, -0.2) is 4.98 Å². The summed E-state index contributed by atoms with van der Waals surface area (Å²) in [6.07, 6.45) is 0. The Morgan fingerprint density at radius 3 is 2.67 bits per heavy atom. The number of nitrogens with one attached hydrogen (secondary N) is 1. The molecule has 1 aromatic carbocycles. The molecule has 4 nitrogen and oxygen atoms in total. The predicted octanol–water partition coefficient (Wildman–Crippen LogP) is 2.66. The second kappa shape index (κ2) is 4.87. The number of hydrogen-bond donors (Lipinski definition) is 2. The molecule has 2 rings (SSSR count). The van der Waals surface area contributed by atoms with E-state index < -0.39 is 0 Å². The lowest BCUT2D eigenvalue weighted by Crippen LogP contribution is -2.14. The van der Waals surface area contributed by atoms with Crippen LogP contribution in [-0.4, -0.2) is 16.0 Å². The summed E-state index contributed by atoms with van der Waals surface area (Å²) in [6.45, 7) is 3.69. The molecule has 0 atom stereocenters. The van der Waals surface area contributed by atoms with Gasteiger partial charge in [-0.05, 0) is 43.7 Å². The highest BCUT2D eigenvalue weighted by Gasteiger charge is 2.10. The molecule has 0 fully saturated rings. The summed E-state index contributed by atoms with van der Waals surface area (Å²) >= 11 is 0. The molecule has 2 N–H and O–H groups in total. The fourth-order valence-electron chi connectivity index (χ4n) is 1.60. The predicted molar refractivity (Wildman–Crippen MR) is 69.8 cm³/mol. The van der Waals surface area contributed by atoms with Crippen molar-refractivity contribution in [1.29, 1.82) is 0 Å². The van der Waals surface area contributed by atoms with Crippen LogP contribution in [0, 0.1) is 13.8 Å². The molecule has 0 aliphatic heterocycles. The Labute approximate surface area is 105 Å². The van der Waals surface area contributed by atoms with Gasteiger partial charge in [0.05, 0.1) is 5.69 Å². The standard InChI is InChI=1S/C14H14N2O2/c1-9-6-7-11(13(17)8-9)16-14(18)12-5-3-4-10(2)15-12/h3-8,17H,1-2H3,(H,16,18). The maximum absolute atomic E-state index is 11.9. The number of rotatable bonds is 2. The Hall–Kier alpha value is -2.36. The average Bonchev–Trinajstić information content (AvgIpc) is 2.32.